The van der Waals surface area contributed by atoms with Crippen LogP contribution >= 0.6 is 0 Å². The average molecular weight is 296 g/mol. The molecule has 0 bridgehead atoms. The summed E-state index contributed by atoms with van der Waals surface area (Å²) in [6.07, 6.45) is 9.93. The van der Waals surface area contributed by atoms with Gasteiger partial charge in [0, 0.05) is 6.04 Å². The van der Waals surface area contributed by atoms with E-state index in [1.54, 1.807) is 0 Å². The summed E-state index contributed by atoms with van der Waals surface area (Å²) in [5.41, 5.74) is 0. The van der Waals surface area contributed by atoms with Gasteiger partial charge in [0.2, 0.25) is 0 Å². The Kier molecular flexibility index (Phi) is 8.05. The van der Waals surface area contributed by atoms with Crippen LogP contribution in [0, 0.1) is 11.8 Å². The van der Waals surface area contributed by atoms with E-state index in [-0.39, 0.29) is 0 Å². The summed E-state index contributed by atoms with van der Waals surface area (Å²) in [6, 6.07) is 0.784. The van der Waals surface area contributed by atoms with Crippen molar-refractivity contribution in [2.75, 3.05) is 39.3 Å². The van der Waals surface area contributed by atoms with Crippen molar-refractivity contribution < 1.29 is 0 Å². The zero-order chi connectivity index (χ0) is 14.9. The van der Waals surface area contributed by atoms with E-state index in [4.69, 9.17) is 0 Å². The highest BCUT2D eigenvalue weighted by Crippen LogP contribution is 2.29. The molecule has 1 heterocycles. The van der Waals surface area contributed by atoms with E-state index in [2.05, 4.69) is 29.4 Å². The normalized spacial score (nSPS) is 27.7. The Labute approximate surface area is 132 Å². The molecule has 3 nitrogen and oxygen atoms in total. The Morgan fingerprint density at radius 3 is 2.00 bits per heavy atom. The molecule has 0 aromatic carbocycles. The molecular formula is C18H37N3. The van der Waals surface area contributed by atoms with Crippen molar-refractivity contribution in [1.29, 1.82) is 0 Å². The highest BCUT2D eigenvalue weighted by molar-refractivity contribution is 4.79. The Bertz CT molecular complexity index is 249. The third-order valence-electron chi connectivity index (χ3n) is 5.49. The average Bonchev–Trinajstić information content (AvgIpc) is 2.51. The minimum atomic E-state index is 0.752. The van der Waals surface area contributed by atoms with E-state index < -0.39 is 0 Å². The van der Waals surface area contributed by atoms with Crippen molar-refractivity contribution in [2.45, 2.75) is 64.8 Å². The van der Waals surface area contributed by atoms with Crippen LogP contribution in [0.2, 0.25) is 0 Å². The molecule has 124 valence electrons. The maximum absolute atomic E-state index is 3.63. The molecule has 2 N–H and O–H groups in total. The number of nitrogens with zero attached hydrogens (tertiary/aromatic N) is 1. The molecule has 0 aromatic heterocycles. The summed E-state index contributed by atoms with van der Waals surface area (Å²) >= 11 is 0. The van der Waals surface area contributed by atoms with E-state index in [0.717, 1.165) is 31.0 Å². The molecule has 1 aliphatic heterocycles. The van der Waals surface area contributed by atoms with Gasteiger partial charge >= 0.3 is 0 Å². The van der Waals surface area contributed by atoms with Crippen molar-refractivity contribution in [1.82, 2.24) is 15.5 Å². The lowest BCUT2D eigenvalue weighted by Crippen LogP contribution is -2.43. The molecular weight excluding hydrogens is 258 g/mol. The third-order valence-corrected chi connectivity index (χ3v) is 5.49. The van der Waals surface area contributed by atoms with Crippen LogP contribution in [0.25, 0.3) is 0 Å². The number of rotatable bonds is 2. The smallest absolute Gasteiger partial charge is 0.00952 e. The SMILES string of the molecule is CC1CNCCCN([C@H](C)C2CCCCC2)CCCNC1. The monoisotopic (exact) mass is 295 g/mol. The minimum absolute atomic E-state index is 0.752. The highest BCUT2D eigenvalue weighted by Gasteiger charge is 2.24. The molecule has 0 spiro atoms. The largest absolute Gasteiger partial charge is 0.316 e. The van der Waals surface area contributed by atoms with Crippen LogP contribution in [0.3, 0.4) is 0 Å². The quantitative estimate of drug-likeness (QED) is 0.820. The van der Waals surface area contributed by atoms with Gasteiger partial charge in [-0.3, -0.25) is 0 Å². The molecule has 0 aromatic rings. The van der Waals surface area contributed by atoms with Crippen LogP contribution in [-0.4, -0.2) is 50.2 Å². The predicted octanol–water partition coefficient (Wildman–Crippen LogP) is 2.87. The summed E-state index contributed by atoms with van der Waals surface area (Å²) in [4.78, 5) is 2.78. The van der Waals surface area contributed by atoms with Crippen molar-refractivity contribution in [3.63, 3.8) is 0 Å². The van der Waals surface area contributed by atoms with Gasteiger partial charge in [0.15, 0.2) is 0 Å². The van der Waals surface area contributed by atoms with E-state index in [0.29, 0.717) is 0 Å². The van der Waals surface area contributed by atoms with Gasteiger partial charge in [0.25, 0.3) is 0 Å². The molecule has 2 rings (SSSR count). The Morgan fingerprint density at radius 1 is 0.857 bits per heavy atom. The predicted molar refractivity (Wildman–Crippen MR) is 91.7 cm³/mol. The first-order valence-corrected chi connectivity index (χ1v) is 9.43. The van der Waals surface area contributed by atoms with E-state index in [1.807, 2.05) is 0 Å². The first kappa shape index (κ1) is 17.2. The van der Waals surface area contributed by atoms with Crippen molar-refractivity contribution in [3.8, 4) is 0 Å². The molecule has 3 heteroatoms. The molecule has 0 radical (unpaired) electrons. The lowest BCUT2D eigenvalue weighted by Gasteiger charge is -2.37. The topological polar surface area (TPSA) is 27.3 Å². The molecule has 1 atom stereocenters. The second-order valence-corrected chi connectivity index (χ2v) is 7.40. The summed E-state index contributed by atoms with van der Waals surface area (Å²) in [7, 11) is 0. The molecule has 21 heavy (non-hydrogen) atoms. The lowest BCUT2D eigenvalue weighted by molar-refractivity contribution is 0.125. The number of nitrogens with one attached hydrogen (secondary N) is 2. The number of hydrogen-bond acceptors (Lipinski definition) is 3. The zero-order valence-corrected chi connectivity index (χ0v) is 14.4. The van der Waals surface area contributed by atoms with Gasteiger partial charge in [0.05, 0.1) is 0 Å². The van der Waals surface area contributed by atoms with Crippen molar-refractivity contribution >= 4 is 0 Å². The summed E-state index contributed by atoms with van der Waals surface area (Å²) in [5.74, 6) is 1.70. The second kappa shape index (κ2) is 9.81. The van der Waals surface area contributed by atoms with Crippen LogP contribution in [0.15, 0.2) is 0 Å². The minimum Gasteiger partial charge on any atom is -0.316 e. The fraction of sp³-hybridized carbons (Fsp3) is 1.00. The van der Waals surface area contributed by atoms with Crippen LogP contribution in [0.5, 0.6) is 0 Å². The molecule has 2 fully saturated rings. The Hall–Kier alpha value is -0.120. The molecule has 1 saturated carbocycles. The maximum atomic E-state index is 3.63. The van der Waals surface area contributed by atoms with Gasteiger partial charge in [-0.15, -0.1) is 0 Å². The molecule has 2 aliphatic rings. The fourth-order valence-corrected chi connectivity index (χ4v) is 4.02. The van der Waals surface area contributed by atoms with Crippen LogP contribution in [0.1, 0.15) is 58.8 Å². The van der Waals surface area contributed by atoms with Crippen LogP contribution in [-0.2, 0) is 0 Å². The standard InChI is InChI=1S/C18H37N3/c1-16-14-19-10-6-12-21(13-7-11-20-15-16)17(2)18-8-4-3-5-9-18/h16-20H,3-15H2,1-2H3/t17-/m1/s1. The summed E-state index contributed by atoms with van der Waals surface area (Å²) < 4.78 is 0. The van der Waals surface area contributed by atoms with E-state index >= 15 is 0 Å². The van der Waals surface area contributed by atoms with Gasteiger partial charge in [-0.1, -0.05) is 26.2 Å². The highest BCUT2D eigenvalue weighted by atomic mass is 15.2. The molecule has 1 aliphatic carbocycles. The van der Waals surface area contributed by atoms with Crippen LogP contribution in [0.4, 0.5) is 0 Å². The summed E-state index contributed by atoms with van der Waals surface area (Å²) in [5, 5.41) is 7.25. The van der Waals surface area contributed by atoms with Crippen LogP contribution < -0.4 is 10.6 Å². The Morgan fingerprint density at radius 2 is 1.43 bits per heavy atom. The Balaban J connectivity index is 1.81. The van der Waals surface area contributed by atoms with Gasteiger partial charge in [-0.25, -0.2) is 0 Å². The number of hydrogen-bond donors (Lipinski definition) is 2. The zero-order valence-electron chi connectivity index (χ0n) is 14.4. The molecule has 1 saturated heterocycles. The molecule has 0 unspecified atom stereocenters. The van der Waals surface area contributed by atoms with E-state index in [9.17, 15) is 0 Å². The van der Waals surface area contributed by atoms with Crippen molar-refractivity contribution in [3.05, 3.63) is 0 Å². The van der Waals surface area contributed by atoms with Gasteiger partial charge in [-0.2, -0.15) is 0 Å². The van der Waals surface area contributed by atoms with Gasteiger partial charge < -0.3 is 15.5 Å². The second-order valence-electron chi connectivity index (χ2n) is 7.40. The summed E-state index contributed by atoms with van der Waals surface area (Å²) in [6.45, 7) is 12.1. The third kappa shape index (κ3) is 6.25. The molecule has 0 amide bonds. The van der Waals surface area contributed by atoms with E-state index in [1.165, 1.54) is 71.1 Å². The van der Waals surface area contributed by atoms with Gasteiger partial charge in [0.1, 0.15) is 0 Å². The van der Waals surface area contributed by atoms with Crippen molar-refractivity contribution in [2.24, 2.45) is 11.8 Å². The first-order chi connectivity index (χ1) is 10.3. The first-order valence-electron chi connectivity index (χ1n) is 9.43. The maximum Gasteiger partial charge on any atom is 0.00952 e. The lowest BCUT2D eigenvalue weighted by atomic mass is 9.84. The fourth-order valence-electron chi connectivity index (χ4n) is 4.02. The van der Waals surface area contributed by atoms with Gasteiger partial charge in [-0.05, 0) is 83.7 Å².